The topological polar surface area (TPSA) is 41.1 Å². The van der Waals surface area contributed by atoms with E-state index in [1.807, 2.05) is 24.3 Å². The maximum absolute atomic E-state index is 11.8. The van der Waals surface area contributed by atoms with E-state index in [1.54, 1.807) is 0 Å². The zero-order valence-electron chi connectivity index (χ0n) is 11.8. The first kappa shape index (κ1) is 14.7. The number of carbonyl (C=O) groups is 1. The third-order valence-electron chi connectivity index (χ3n) is 2.51. The van der Waals surface area contributed by atoms with Gasteiger partial charge in [-0.3, -0.25) is 4.79 Å². The molecule has 0 unspecified atom stereocenters. The molecule has 0 spiro atoms. The van der Waals surface area contributed by atoms with Crippen molar-refractivity contribution in [1.82, 2.24) is 5.32 Å². The predicted octanol–water partition coefficient (Wildman–Crippen LogP) is 3.17. The Morgan fingerprint density at radius 2 is 1.78 bits per heavy atom. The molecule has 18 heavy (non-hydrogen) atoms. The summed E-state index contributed by atoms with van der Waals surface area (Å²) in [6.07, 6.45) is 0.534. The van der Waals surface area contributed by atoms with Gasteiger partial charge >= 0.3 is 0 Å². The molecular weight excluding hydrogens is 224 g/mol. The van der Waals surface area contributed by atoms with E-state index in [-0.39, 0.29) is 11.3 Å². The van der Waals surface area contributed by atoms with Crippen molar-refractivity contribution < 1.29 is 4.79 Å². The second kappa shape index (κ2) is 6.55. The molecule has 0 aliphatic carbocycles. The van der Waals surface area contributed by atoms with E-state index >= 15 is 0 Å². The predicted molar refractivity (Wildman–Crippen MR) is 76.5 cm³/mol. The summed E-state index contributed by atoms with van der Waals surface area (Å²) in [7, 11) is 0. The second-order valence-electron chi connectivity index (χ2n) is 5.76. The number of carbonyl (C=O) groups excluding carboxylic acids is 1. The van der Waals surface area contributed by atoms with E-state index < -0.39 is 0 Å². The number of hydrogen-bond acceptors (Lipinski definition) is 2. The average Bonchev–Trinajstić information content (AvgIpc) is 2.25. The molecule has 0 aromatic heterocycles. The van der Waals surface area contributed by atoms with Crippen LogP contribution in [0.3, 0.4) is 0 Å². The molecule has 1 rings (SSSR count). The molecule has 1 aromatic rings. The minimum absolute atomic E-state index is 0.0229. The van der Waals surface area contributed by atoms with Crippen LogP contribution in [0.25, 0.3) is 0 Å². The molecule has 0 heterocycles. The molecule has 0 aliphatic rings. The van der Waals surface area contributed by atoms with Crippen LogP contribution in [0.15, 0.2) is 24.3 Å². The molecule has 0 radical (unpaired) electrons. The summed E-state index contributed by atoms with van der Waals surface area (Å²) in [5, 5.41) is 6.19. The van der Waals surface area contributed by atoms with E-state index in [0.29, 0.717) is 6.42 Å². The minimum atomic E-state index is 0.0229. The summed E-state index contributed by atoms with van der Waals surface area (Å²) < 4.78 is 0. The van der Waals surface area contributed by atoms with Crippen molar-refractivity contribution in [2.24, 2.45) is 5.41 Å². The van der Waals surface area contributed by atoms with Crippen LogP contribution in [0, 0.1) is 5.41 Å². The van der Waals surface area contributed by atoms with Crippen LogP contribution in [0.1, 0.15) is 39.7 Å². The lowest BCUT2D eigenvalue weighted by Crippen LogP contribution is -2.19. The molecule has 0 atom stereocenters. The number of hydrogen-bond donors (Lipinski definition) is 2. The maximum atomic E-state index is 11.8. The van der Waals surface area contributed by atoms with Crippen LogP contribution < -0.4 is 10.6 Å². The normalized spacial score (nSPS) is 11.3. The van der Waals surface area contributed by atoms with Crippen LogP contribution in [0.4, 0.5) is 5.69 Å². The van der Waals surface area contributed by atoms with Gasteiger partial charge < -0.3 is 10.6 Å². The molecule has 0 bridgehead atoms. The van der Waals surface area contributed by atoms with Gasteiger partial charge in [0.1, 0.15) is 0 Å². The Bertz CT molecular complexity index is 376. The fraction of sp³-hybridized carbons (Fsp3) is 0.533. The number of rotatable bonds is 5. The molecule has 100 valence electrons. The Labute approximate surface area is 110 Å². The summed E-state index contributed by atoms with van der Waals surface area (Å²) in [6, 6.07) is 7.98. The Morgan fingerprint density at radius 1 is 1.17 bits per heavy atom. The van der Waals surface area contributed by atoms with Gasteiger partial charge in [-0.25, -0.2) is 0 Å². The Morgan fingerprint density at radius 3 is 2.28 bits per heavy atom. The van der Waals surface area contributed by atoms with Gasteiger partial charge in [-0.15, -0.1) is 0 Å². The first-order chi connectivity index (χ1) is 8.40. The van der Waals surface area contributed by atoms with Gasteiger partial charge in [0, 0.05) is 18.7 Å². The smallest absolute Gasteiger partial charge is 0.224 e. The molecule has 0 fully saturated rings. The molecule has 3 heteroatoms. The van der Waals surface area contributed by atoms with Gasteiger partial charge in [0.05, 0.1) is 0 Å². The summed E-state index contributed by atoms with van der Waals surface area (Å²) in [5.41, 5.74) is 2.12. The highest BCUT2D eigenvalue weighted by atomic mass is 16.1. The lowest BCUT2D eigenvalue weighted by atomic mass is 9.92. The van der Waals surface area contributed by atoms with Gasteiger partial charge in [0.15, 0.2) is 0 Å². The summed E-state index contributed by atoms with van der Waals surface area (Å²) >= 11 is 0. The molecule has 1 amide bonds. The van der Waals surface area contributed by atoms with E-state index in [9.17, 15) is 4.79 Å². The van der Waals surface area contributed by atoms with Crippen LogP contribution in [0.2, 0.25) is 0 Å². The van der Waals surface area contributed by atoms with Crippen LogP contribution in [-0.2, 0) is 11.3 Å². The van der Waals surface area contributed by atoms with Gasteiger partial charge in [-0.05, 0) is 29.7 Å². The number of amides is 1. The average molecular weight is 248 g/mol. The van der Waals surface area contributed by atoms with Crippen molar-refractivity contribution in [3.05, 3.63) is 29.8 Å². The van der Waals surface area contributed by atoms with Crippen molar-refractivity contribution in [2.45, 2.75) is 40.7 Å². The first-order valence-corrected chi connectivity index (χ1v) is 6.50. The van der Waals surface area contributed by atoms with E-state index in [2.05, 4.69) is 38.3 Å². The monoisotopic (exact) mass is 248 g/mol. The van der Waals surface area contributed by atoms with Crippen LogP contribution >= 0.6 is 0 Å². The number of nitrogens with one attached hydrogen (secondary N) is 2. The lowest BCUT2D eigenvalue weighted by molar-refractivity contribution is -0.117. The molecular formula is C15H24N2O. The van der Waals surface area contributed by atoms with Gasteiger partial charge in [-0.1, -0.05) is 39.8 Å². The van der Waals surface area contributed by atoms with Crippen molar-refractivity contribution >= 4 is 11.6 Å². The minimum Gasteiger partial charge on any atom is -0.326 e. The van der Waals surface area contributed by atoms with Crippen LogP contribution in [-0.4, -0.2) is 12.5 Å². The zero-order valence-corrected chi connectivity index (χ0v) is 11.8. The summed E-state index contributed by atoms with van der Waals surface area (Å²) in [5.74, 6) is 0.0712. The lowest BCUT2D eigenvalue weighted by Gasteiger charge is -2.17. The van der Waals surface area contributed by atoms with Crippen molar-refractivity contribution in [3.8, 4) is 0 Å². The standard InChI is InChI=1S/C15H24N2O/c1-5-16-11-12-6-8-13(9-7-12)17-14(18)10-15(2,3)4/h6-9,16H,5,10-11H2,1-4H3,(H,17,18). The van der Waals surface area contributed by atoms with Crippen molar-refractivity contribution in [2.75, 3.05) is 11.9 Å². The SMILES string of the molecule is CCNCc1ccc(NC(=O)CC(C)(C)C)cc1. The van der Waals surface area contributed by atoms with Crippen molar-refractivity contribution in [3.63, 3.8) is 0 Å². The number of anilines is 1. The maximum Gasteiger partial charge on any atom is 0.224 e. The molecule has 0 saturated heterocycles. The molecule has 0 aliphatic heterocycles. The van der Waals surface area contributed by atoms with E-state index in [4.69, 9.17) is 0 Å². The van der Waals surface area contributed by atoms with E-state index in [0.717, 1.165) is 18.8 Å². The molecule has 3 nitrogen and oxygen atoms in total. The molecule has 0 saturated carbocycles. The highest BCUT2D eigenvalue weighted by Gasteiger charge is 2.15. The quantitative estimate of drug-likeness (QED) is 0.840. The molecule has 2 N–H and O–H groups in total. The van der Waals surface area contributed by atoms with Gasteiger partial charge in [0.25, 0.3) is 0 Å². The van der Waals surface area contributed by atoms with Gasteiger partial charge in [-0.2, -0.15) is 0 Å². The highest BCUT2D eigenvalue weighted by Crippen LogP contribution is 2.19. The molecule has 1 aromatic carbocycles. The first-order valence-electron chi connectivity index (χ1n) is 6.50. The Hall–Kier alpha value is -1.35. The zero-order chi connectivity index (χ0) is 13.6. The summed E-state index contributed by atoms with van der Waals surface area (Å²) in [6.45, 7) is 10.1. The fourth-order valence-electron chi connectivity index (χ4n) is 1.66. The Kier molecular flexibility index (Phi) is 5.35. The van der Waals surface area contributed by atoms with Gasteiger partial charge in [0.2, 0.25) is 5.91 Å². The Balaban J connectivity index is 2.50. The highest BCUT2D eigenvalue weighted by molar-refractivity contribution is 5.91. The third-order valence-corrected chi connectivity index (χ3v) is 2.51. The largest absolute Gasteiger partial charge is 0.326 e. The second-order valence-corrected chi connectivity index (χ2v) is 5.76. The third kappa shape index (κ3) is 5.82. The van der Waals surface area contributed by atoms with E-state index in [1.165, 1.54) is 5.56 Å². The number of benzene rings is 1. The summed E-state index contributed by atoms with van der Waals surface area (Å²) in [4.78, 5) is 11.8. The van der Waals surface area contributed by atoms with Crippen molar-refractivity contribution in [1.29, 1.82) is 0 Å². The van der Waals surface area contributed by atoms with Crippen LogP contribution in [0.5, 0.6) is 0 Å². The fourth-order valence-corrected chi connectivity index (χ4v) is 1.66.